The highest BCUT2D eigenvalue weighted by molar-refractivity contribution is 6.30. The molecular weight excluding hydrogens is 253 g/mol. The maximum atomic E-state index is 13.4. The molecule has 2 N–H and O–H groups in total. The standard InChI is InChI=1S/C14H19ClFNO/c1-9(10-5-6-13(15)14(16)7-10)17-11-3-2-4-12(18)8-11/h5-7,9,11-12,17-18H,2-4,8H2,1H3. The first kappa shape index (κ1) is 13.8. The summed E-state index contributed by atoms with van der Waals surface area (Å²) < 4.78 is 13.4. The number of nitrogens with one attached hydrogen (secondary N) is 1. The maximum absolute atomic E-state index is 13.4. The summed E-state index contributed by atoms with van der Waals surface area (Å²) in [4.78, 5) is 0. The van der Waals surface area contributed by atoms with Crippen LogP contribution in [0.2, 0.25) is 5.02 Å². The molecule has 2 nitrogen and oxygen atoms in total. The molecule has 1 aliphatic rings. The van der Waals surface area contributed by atoms with Crippen molar-refractivity contribution in [3.8, 4) is 0 Å². The van der Waals surface area contributed by atoms with Crippen LogP contribution in [0.3, 0.4) is 0 Å². The van der Waals surface area contributed by atoms with Gasteiger partial charge in [0.2, 0.25) is 0 Å². The molecule has 1 fully saturated rings. The fourth-order valence-corrected chi connectivity index (χ4v) is 2.66. The lowest BCUT2D eigenvalue weighted by Crippen LogP contribution is -2.37. The molecule has 0 saturated heterocycles. The van der Waals surface area contributed by atoms with Crippen molar-refractivity contribution in [1.29, 1.82) is 0 Å². The van der Waals surface area contributed by atoms with Crippen LogP contribution in [0.4, 0.5) is 4.39 Å². The van der Waals surface area contributed by atoms with Gasteiger partial charge in [0, 0.05) is 12.1 Å². The Morgan fingerprint density at radius 1 is 1.44 bits per heavy atom. The van der Waals surface area contributed by atoms with Gasteiger partial charge in [-0.05, 0) is 50.3 Å². The lowest BCUT2D eigenvalue weighted by molar-refractivity contribution is 0.109. The van der Waals surface area contributed by atoms with Gasteiger partial charge < -0.3 is 10.4 Å². The second-order valence-electron chi connectivity index (χ2n) is 5.08. The molecule has 0 aliphatic heterocycles. The number of aliphatic hydroxyl groups is 1. The number of halogens is 2. The number of aliphatic hydroxyl groups excluding tert-OH is 1. The average Bonchev–Trinajstić information content (AvgIpc) is 2.32. The van der Waals surface area contributed by atoms with E-state index in [4.69, 9.17) is 11.6 Å². The van der Waals surface area contributed by atoms with E-state index < -0.39 is 0 Å². The van der Waals surface area contributed by atoms with E-state index in [1.54, 1.807) is 6.07 Å². The van der Waals surface area contributed by atoms with Crippen molar-refractivity contribution in [3.05, 3.63) is 34.6 Å². The Morgan fingerprint density at radius 3 is 2.89 bits per heavy atom. The molecule has 4 heteroatoms. The van der Waals surface area contributed by atoms with Gasteiger partial charge in [0.05, 0.1) is 11.1 Å². The fourth-order valence-electron chi connectivity index (χ4n) is 2.55. The van der Waals surface area contributed by atoms with Crippen LogP contribution < -0.4 is 5.32 Å². The van der Waals surface area contributed by atoms with Gasteiger partial charge in [0.1, 0.15) is 5.82 Å². The molecule has 2 rings (SSSR count). The molecule has 1 saturated carbocycles. The fraction of sp³-hybridized carbons (Fsp3) is 0.571. The Balaban J connectivity index is 1.98. The molecular formula is C14H19ClFNO. The summed E-state index contributed by atoms with van der Waals surface area (Å²) in [6.45, 7) is 2.00. The number of hydrogen-bond acceptors (Lipinski definition) is 2. The van der Waals surface area contributed by atoms with E-state index in [2.05, 4.69) is 5.32 Å². The Hall–Kier alpha value is -0.640. The van der Waals surface area contributed by atoms with Crippen molar-refractivity contribution in [2.24, 2.45) is 0 Å². The van der Waals surface area contributed by atoms with Crippen LogP contribution in [0.25, 0.3) is 0 Å². The van der Waals surface area contributed by atoms with Crippen molar-refractivity contribution in [1.82, 2.24) is 5.32 Å². The van der Waals surface area contributed by atoms with Crippen LogP contribution in [0.5, 0.6) is 0 Å². The van der Waals surface area contributed by atoms with Gasteiger partial charge in [0.15, 0.2) is 0 Å². The molecule has 0 aromatic heterocycles. The van der Waals surface area contributed by atoms with E-state index in [0.717, 1.165) is 31.2 Å². The number of hydrogen-bond donors (Lipinski definition) is 2. The second-order valence-corrected chi connectivity index (χ2v) is 5.49. The molecule has 0 spiro atoms. The van der Waals surface area contributed by atoms with Gasteiger partial charge in [-0.3, -0.25) is 0 Å². The molecule has 3 atom stereocenters. The summed E-state index contributed by atoms with van der Waals surface area (Å²) in [5, 5.41) is 13.2. The van der Waals surface area contributed by atoms with Crippen molar-refractivity contribution >= 4 is 11.6 Å². The van der Waals surface area contributed by atoms with Gasteiger partial charge in [-0.2, -0.15) is 0 Å². The van der Waals surface area contributed by atoms with Crippen LogP contribution in [0.1, 0.15) is 44.2 Å². The monoisotopic (exact) mass is 271 g/mol. The predicted molar refractivity (Wildman–Crippen MR) is 71.2 cm³/mol. The van der Waals surface area contributed by atoms with Crippen molar-refractivity contribution in [3.63, 3.8) is 0 Å². The van der Waals surface area contributed by atoms with Crippen LogP contribution in [0, 0.1) is 5.82 Å². The summed E-state index contributed by atoms with van der Waals surface area (Å²) in [6, 6.07) is 5.26. The van der Waals surface area contributed by atoms with Gasteiger partial charge >= 0.3 is 0 Å². The summed E-state index contributed by atoms with van der Waals surface area (Å²) in [5.41, 5.74) is 0.886. The zero-order valence-corrected chi connectivity index (χ0v) is 11.3. The molecule has 1 aromatic rings. The van der Waals surface area contributed by atoms with E-state index in [9.17, 15) is 9.50 Å². The lowest BCUT2D eigenvalue weighted by Gasteiger charge is -2.29. The third-order valence-corrected chi connectivity index (χ3v) is 3.88. The highest BCUT2D eigenvalue weighted by Crippen LogP contribution is 2.24. The minimum absolute atomic E-state index is 0.0621. The average molecular weight is 272 g/mol. The van der Waals surface area contributed by atoms with Crippen LogP contribution in [0.15, 0.2) is 18.2 Å². The second kappa shape index (κ2) is 6.00. The van der Waals surface area contributed by atoms with E-state index in [-0.39, 0.29) is 23.0 Å². The Bertz CT molecular complexity index is 413. The topological polar surface area (TPSA) is 32.3 Å². The van der Waals surface area contributed by atoms with Crippen molar-refractivity contribution < 1.29 is 9.50 Å². The van der Waals surface area contributed by atoms with Gasteiger partial charge in [-0.25, -0.2) is 4.39 Å². The predicted octanol–water partition coefficient (Wildman–Crippen LogP) is 3.43. The molecule has 0 heterocycles. The maximum Gasteiger partial charge on any atom is 0.142 e. The van der Waals surface area contributed by atoms with E-state index in [1.807, 2.05) is 13.0 Å². The first-order valence-electron chi connectivity index (χ1n) is 6.45. The molecule has 0 bridgehead atoms. The third kappa shape index (κ3) is 3.44. The SMILES string of the molecule is CC(NC1CCCC(O)C1)c1ccc(Cl)c(F)c1. The quantitative estimate of drug-likeness (QED) is 0.883. The minimum atomic E-state index is -0.383. The molecule has 1 aliphatic carbocycles. The van der Waals surface area contributed by atoms with Gasteiger partial charge in [-0.15, -0.1) is 0 Å². The Kier molecular flexibility index (Phi) is 4.60. The summed E-state index contributed by atoms with van der Waals surface area (Å²) >= 11 is 5.67. The Labute approximate surface area is 112 Å². The normalized spacial score (nSPS) is 26.0. The zero-order chi connectivity index (χ0) is 13.1. The van der Waals surface area contributed by atoms with Crippen molar-refractivity contribution in [2.75, 3.05) is 0 Å². The molecule has 18 heavy (non-hydrogen) atoms. The van der Waals surface area contributed by atoms with Crippen LogP contribution in [-0.4, -0.2) is 17.3 Å². The highest BCUT2D eigenvalue weighted by atomic mass is 35.5. The smallest absolute Gasteiger partial charge is 0.142 e. The largest absolute Gasteiger partial charge is 0.393 e. The molecule has 1 aromatic carbocycles. The first-order valence-corrected chi connectivity index (χ1v) is 6.83. The molecule has 3 unspecified atom stereocenters. The van der Waals surface area contributed by atoms with Gasteiger partial charge in [-0.1, -0.05) is 17.7 Å². The van der Waals surface area contributed by atoms with Crippen molar-refractivity contribution in [2.45, 2.75) is 50.8 Å². The summed E-state index contributed by atoms with van der Waals surface area (Å²) in [7, 11) is 0. The molecule has 100 valence electrons. The summed E-state index contributed by atoms with van der Waals surface area (Å²) in [6.07, 6.45) is 3.57. The highest BCUT2D eigenvalue weighted by Gasteiger charge is 2.21. The molecule has 0 radical (unpaired) electrons. The van der Waals surface area contributed by atoms with E-state index >= 15 is 0 Å². The van der Waals surface area contributed by atoms with Crippen LogP contribution >= 0.6 is 11.6 Å². The van der Waals surface area contributed by atoms with E-state index in [0.29, 0.717) is 6.04 Å². The van der Waals surface area contributed by atoms with E-state index in [1.165, 1.54) is 6.07 Å². The molecule has 0 amide bonds. The zero-order valence-electron chi connectivity index (χ0n) is 10.5. The minimum Gasteiger partial charge on any atom is -0.393 e. The lowest BCUT2D eigenvalue weighted by atomic mass is 9.92. The van der Waals surface area contributed by atoms with Gasteiger partial charge in [0.25, 0.3) is 0 Å². The third-order valence-electron chi connectivity index (χ3n) is 3.58. The first-order chi connectivity index (χ1) is 8.56. The number of rotatable bonds is 3. The number of benzene rings is 1. The Morgan fingerprint density at radius 2 is 2.22 bits per heavy atom. The van der Waals surface area contributed by atoms with Crippen LogP contribution in [-0.2, 0) is 0 Å². The summed E-state index contributed by atoms with van der Waals surface area (Å²) in [5.74, 6) is -0.383.